The van der Waals surface area contributed by atoms with Crippen molar-refractivity contribution in [3.8, 4) is 0 Å². The third kappa shape index (κ3) is 3.40. The minimum atomic E-state index is -3.96. The third-order valence-corrected chi connectivity index (χ3v) is 4.59. The Morgan fingerprint density at radius 3 is 2.43 bits per heavy atom. The Morgan fingerprint density at radius 1 is 1.19 bits per heavy atom. The molecular weight excluding hydrogens is 296 g/mol. The van der Waals surface area contributed by atoms with Gasteiger partial charge in [0, 0.05) is 0 Å². The van der Waals surface area contributed by atoms with Gasteiger partial charge < -0.3 is 10.4 Å². The predicted molar refractivity (Wildman–Crippen MR) is 74.9 cm³/mol. The van der Waals surface area contributed by atoms with Gasteiger partial charge in [-0.2, -0.15) is 0 Å². The summed E-state index contributed by atoms with van der Waals surface area (Å²) in [7, 11) is -3.96. The fraction of sp³-hybridized carbons (Fsp3) is 0.385. The number of carboxylic acids is 1. The molecule has 4 N–H and O–H groups in total. The molecule has 0 spiro atoms. The molecule has 0 radical (unpaired) electrons. The number of hydrogen-bond acceptors (Lipinski definition) is 4. The van der Waals surface area contributed by atoms with E-state index in [1.54, 1.807) is 6.07 Å². The van der Waals surface area contributed by atoms with E-state index in [4.69, 9.17) is 10.2 Å². The van der Waals surface area contributed by atoms with E-state index in [1.807, 2.05) is 0 Å². The molecule has 0 bridgehead atoms. The maximum Gasteiger partial charge on any atom is 0.307 e. The highest BCUT2D eigenvalue weighted by Crippen LogP contribution is 2.33. The molecule has 0 saturated heterocycles. The first-order chi connectivity index (χ1) is 9.80. The molecule has 8 heteroatoms. The van der Waals surface area contributed by atoms with Gasteiger partial charge >= 0.3 is 5.97 Å². The number of sulfonamides is 1. The molecule has 1 aromatic carbocycles. The number of carbonyl (C=O) groups excluding carboxylic acids is 1. The Morgan fingerprint density at radius 2 is 1.81 bits per heavy atom. The summed E-state index contributed by atoms with van der Waals surface area (Å²) >= 11 is 0. The van der Waals surface area contributed by atoms with Crippen molar-refractivity contribution in [2.45, 2.75) is 24.2 Å². The molecule has 0 aliphatic heterocycles. The molecule has 7 nitrogen and oxygen atoms in total. The van der Waals surface area contributed by atoms with Crippen LogP contribution < -0.4 is 10.5 Å². The molecule has 1 fully saturated rings. The fourth-order valence-corrected chi connectivity index (χ4v) is 3.31. The molecule has 2 atom stereocenters. The minimum Gasteiger partial charge on any atom is -0.481 e. The molecule has 1 amide bonds. The number of nitrogens with two attached hydrogens (primary N) is 1. The molecular formula is C13H16N2O5S. The number of amides is 1. The second-order valence-electron chi connectivity index (χ2n) is 5.01. The lowest BCUT2D eigenvalue weighted by Gasteiger charge is -2.16. The largest absolute Gasteiger partial charge is 0.481 e. The van der Waals surface area contributed by atoms with Crippen molar-refractivity contribution >= 4 is 27.6 Å². The van der Waals surface area contributed by atoms with Gasteiger partial charge in [-0.05, 0) is 25.0 Å². The van der Waals surface area contributed by atoms with Crippen LogP contribution in [0.4, 0.5) is 5.69 Å². The number of carbonyl (C=O) groups is 2. The van der Waals surface area contributed by atoms with Crippen molar-refractivity contribution in [2.75, 3.05) is 5.32 Å². The van der Waals surface area contributed by atoms with Crippen LogP contribution in [0.25, 0.3) is 0 Å². The van der Waals surface area contributed by atoms with E-state index in [0.717, 1.165) is 0 Å². The second-order valence-corrected chi connectivity index (χ2v) is 6.54. The summed E-state index contributed by atoms with van der Waals surface area (Å²) in [6.07, 6.45) is 1.58. The van der Waals surface area contributed by atoms with Crippen LogP contribution in [0, 0.1) is 11.8 Å². The summed E-state index contributed by atoms with van der Waals surface area (Å²) in [6, 6.07) is 5.76. The number of aliphatic carboxylic acids is 1. The van der Waals surface area contributed by atoms with Gasteiger partial charge in [-0.3, -0.25) is 9.59 Å². The van der Waals surface area contributed by atoms with Gasteiger partial charge in [0.1, 0.15) is 4.90 Å². The smallest absolute Gasteiger partial charge is 0.307 e. The SMILES string of the molecule is NS(=O)(=O)c1ccccc1NC(=O)[C@@H]1CCC[C@@H]1C(=O)O. The van der Waals surface area contributed by atoms with Crippen molar-refractivity contribution in [3.63, 3.8) is 0 Å². The van der Waals surface area contributed by atoms with Crippen molar-refractivity contribution in [1.82, 2.24) is 0 Å². The summed E-state index contributed by atoms with van der Waals surface area (Å²) in [5.41, 5.74) is 0.0704. The first-order valence-corrected chi connectivity index (χ1v) is 8.01. The quantitative estimate of drug-likeness (QED) is 0.757. The summed E-state index contributed by atoms with van der Waals surface area (Å²) in [5, 5.41) is 16.7. The second kappa shape index (κ2) is 5.82. The molecule has 2 rings (SSSR count). The number of benzene rings is 1. The average molecular weight is 312 g/mol. The first-order valence-electron chi connectivity index (χ1n) is 6.46. The Bertz CT molecular complexity index is 671. The lowest BCUT2D eigenvalue weighted by Crippen LogP contribution is -2.30. The molecule has 114 valence electrons. The lowest BCUT2D eigenvalue weighted by molar-refractivity contribution is -0.145. The van der Waals surface area contributed by atoms with E-state index in [9.17, 15) is 18.0 Å². The Kier molecular flexibility index (Phi) is 4.29. The van der Waals surface area contributed by atoms with Crippen LogP contribution in [-0.4, -0.2) is 25.4 Å². The summed E-state index contributed by atoms with van der Waals surface area (Å²) in [4.78, 5) is 23.1. The van der Waals surface area contributed by atoms with Crippen LogP contribution >= 0.6 is 0 Å². The third-order valence-electron chi connectivity index (χ3n) is 3.62. The van der Waals surface area contributed by atoms with Gasteiger partial charge in [-0.15, -0.1) is 0 Å². The topological polar surface area (TPSA) is 127 Å². The van der Waals surface area contributed by atoms with Crippen molar-refractivity contribution in [3.05, 3.63) is 24.3 Å². The number of anilines is 1. The average Bonchev–Trinajstić information content (AvgIpc) is 2.87. The zero-order valence-electron chi connectivity index (χ0n) is 11.2. The highest BCUT2D eigenvalue weighted by atomic mass is 32.2. The highest BCUT2D eigenvalue weighted by Gasteiger charge is 2.38. The van der Waals surface area contributed by atoms with Gasteiger partial charge in [0.25, 0.3) is 0 Å². The van der Waals surface area contributed by atoms with Gasteiger partial charge in [-0.25, -0.2) is 13.6 Å². The minimum absolute atomic E-state index is 0.0704. The van der Waals surface area contributed by atoms with Crippen molar-refractivity contribution < 1.29 is 23.1 Å². The Hall–Kier alpha value is -1.93. The lowest BCUT2D eigenvalue weighted by atomic mass is 9.95. The highest BCUT2D eigenvalue weighted by molar-refractivity contribution is 7.89. The molecule has 21 heavy (non-hydrogen) atoms. The van der Waals surface area contributed by atoms with Crippen LogP contribution in [0.3, 0.4) is 0 Å². The van der Waals surface area contributed by atoms with Crippen molar-refractivity contribution in [2.24, 2.45) is 17.0 Å². The monoisotopic (exact) mass is 312 g/mol. The fourth-order valence-electron chi connectivity index (χ4n) is 2.61. The summed E-state index contributed by atoms with van der Waals surface area (Å²) in [6.45, 7) is 0. The van der Waals surface area contributed by atoms with Crippen LogP contribution in [0.5, 0.6) is 0 Å². The zero-order valence-corrected chi connectivity index (χ0v) is 12.0. The van der Waals surface area contributed by atoms with Crippen LogP contribution in [0.1, 0.15) is 19.3 Å². The van der Waals surface area contributed by atoms with Crippen LogP contribution in [-0.2, 0) is 19.6 Å². The number of nitrogens with one attached hydrogen (secondary N) is 1. The maximum absolute atomic E-state index is 12.2. The maximum atomic E-state index is 12.2. The number of para-hydroxylation sites is 1. The first kappa shape index (κ1) is 15.5. The van der Waals surface area contributed by atoms with E-state index < -0.39 is 33.7 Å². The normalized spacial score (nSPS) is 22.0. The summed E-state index contributed by atoms with van der Waals surface area (Å²) < 4.78 is 22.9. The number of hydrogen-bond donors (Lipinski definition) is 3. The number of primary sulfonamides is 1. The molecule has 0 heterocycles. The Labute approximate surface area is 122 Å². The van der Waals surface area contributed by atoms with E-state index in [-0.39, 0.29) is 10.6 Å². The summed E-state index contributed by atoms with van der Waals surface area (Å²) in [5.74, 6) is -2.88. The standard InChI is InChI=1S/C13H16N2O5S/c14-21(19,20)11-7-2-1-6-10(11)15-12(16)8-4-3-5-9(8)13(17)18/h1-2,6-9H,3-5H2,(H,15,16)(H,17,18)(H2,14,19,20)/t8-,9+/m1/s1. The predicted octanol–water partition coefficient (Wildman–Crippen LogP) is 0.773. The van der Waals surface area contributed by atoms with Gasteiger partial charge in [0.05, 0.1) is 17.5 Å². The van der Waals surface area contributed by atoms with E-state index in [0.29, 0.717) is 19.3 Å². The van der Waals surface area contributed by atoms with E-state index in [2.05, 4.69) is 5.32 Å². The zero-order chi connectivity index (χ0) is 15.6. The van der Waals surface area contributed by atoms with Gasteiger partial charge in [0.2, 0.25) is 15.9 Å². The molecule has 1 aliphatic carbocycles. The van der Waals surface area contributed by atoms with E-state index >= 15 is 0 Å². The van der Waals surface area contributed by atoms with Crippen LogP contribution in [0.15, 0.2) is 29.2 Å². The molecule has 1 saturated carbocycles. The molecule has 0 unspecified atom stereocenters. The van der Waals surface area contributed by atoms with Gasteiger partial charge in [0.15, 0.2) is 0 Å². The van der Waals surface area contributed by atoms with Crippen molar-refractivity contribution in [1.29, 1.82) is 0 Å². The van der Waals surface area contributed by atoms with E-state index in [1.165, 1.54) is 18.2 Å². The molecule has 1 aromatic rings. The van der Waals surface area contributed by atoms with Gasteiger partial charge in [-0.1, -0.05) is 18.6 Å². The number of carboxylic acid groups (broad SMARTS) is 1. The molecule has 0 aromatic heterocycles. The molecule has 1 aliphatic rings. The Balaban J connectivity index is 2.23. The van der Waals surface area contributed by atoms with Crippen LogP contribution in [0.2, 0.25) is 0 Å². The number of rotatable bonds is 4.